The molecule has 4 nitrogen and oxygen atoms in total. The SMILES string of the molecule is Cc1oc(CCl)cc1S(=O)(=O)N(C)CC1CC1. The molecular formula is C11H16ClNO3S. The first-order valence-corrected chi connectivity index (χ1v) is 7.54. The lowest BCUT2D eigenvalue weighted by Gasteiger charge is -2.15. The Bertz CT molecular complexity index is 505. The third-order valence-corrected chi connectivity index (χ3v) is 5.15. The first-order chi connectivity index (χ1) is 7.95. The number of furan rings is 1. The van der Waals surface area contributed by atoms with Gasteiger partial charge in [0, 0.05) is 19.7 Å². The zero-order chi connectivity index (χ0) is 12.6. The maximum atomic E-state index is 12.3. The van der Waals surface area contributed by atoms with Crippen molar-refractivity contribution in [3.8, 4) is 0 Å². The summed E-state index contributed by atoms with van der Waals surface area (Å²) in [5.41, 5.74) is 0. The van der Waals surface area contributed by atoms with Gasteiger partial charge in [0.05, 0.1) is 5.88 Å². The summed E-state index contributed by atoms with van der Waals surface area (Å²) in [6.45, 7) is 2.23. The van der Waals surface area contributed by atoms with Crippen molar-refractivity contribution < 1.29 is 12.8 Å². The summed E-state index contributed by atoms with van der Waals surface area (Å²) < 4.78 is 31.2. The van der Waals surface area contributed by atoms with Crippen molar-refractivity contribution in [2.75, 3.05) is 13.6 Å². The fourth-order valence-electron chi connectivity index (χ4n) is 1.78. The molecule has 2 rings (SSSR count). The van der Waals surface area contributed by atoms with Crippen LogP contribution in [-0.2, 0) is 15.9 Å². The highest BCUT2D eigenvalue weighted by atomic mass is 35.5. The molecule has 0 N–H and O–H groups in total. The molecule has 17 heavy (non-hydrogen) atoms. The summed E-state index contributed by atoms with van der Waals surface area (Å²) in [6, 6.07) is 1.51. The molecule has 1 aliphatic carbocycles. The zero-order valence-corrected chi connectivity index (χ0v) is 11.5. The topological polar surface area (TPSA) is 50.5 Å². The smallest absolute Gasteiger partial charge is 0.246 e. The summed E-state index contributed by atoms with van der Waals surface area (Å²) in [4.78, 5) is 0.233. The molecule has 0 amide bonds. The van der Waals surface area contributed by atoms with E-state index < -0.39 is 10.0 Å². The van der Waals surface area contributed by atoms with Gasteiger partial charge in [-0.25, -0.2) is 12.7 Å². The highest BCUT2D eigenvalue weighted by Crippen LogP contribution is 2.32. The van der Waals surface area contributed by atoms with Gasteiger partial charge in [0.25, 0.3) is 0 Å². The van der Waals surface area contributed by atoms with Crippen molar-refractivity contribution in [2.45, 2.75) is 30.5 Å². The highest BCUT2D eigenvalue weighted by Gasteiger charge is 2.31. The Morgan fingerprint density at radius 3 is 2.65 bits per heavy atom. The molecule has 0 saturated heterocycles. The minimum atomic E-state index is -3.43. The van der Waals surface area contributed by atoms with Crippen LogP contribution in [0.3, 0.4) is 0 Å². The maximum absolute atomic E-state index is 12.3. The van der Waals surface area contributed by atoms with Gasteiger partial charge in [0.15, 0.2) is 0 Å². The zero-order valence-electron chi connectivity index (χ0n) is 9.94. The number of rotatable bonds is 5. The van der Waals surface area contributed by atoms with E-state index in [4.69, 9.17) is 16.0 Å². The number of alkyl halides is 1. The van der Waals surface area contributed by atoms with E-state index in [1.807, 2.05) is 0 Å². The molecule has 6 heteroatoms. The third kappa shape index (κ3) is 2.67. The molecule has 0 aliphatic heterocycles. The van der Waals surface area contributed by atoms with Crippen LogP contribution in [-0.4, -0.2) is 26.3 Å². The first kappa shape index (κ1) is 12.9. The highest BCUT2D eigenvalue weighted by molar-refractivity contribution is 7.89. The van der Waals surface area contributed by atoms with E-state index in [1.54, 1.807) is 14.0 Å². The number of halogens is 1. The molecule has 96 valence electrons. The molecule has 1 aromatic rings. The van der Waals surface area contributed by atoms with Crippen LogP contribution in [0.1, 0.15) is 24.4 Å². The monoisotopic (exact) mass is 277 g/mol. The van der Waals surface area contributed by atoms with Crippen LogP contribution >= 0.6 is 11.6 Å². The number of hydrogen-bond acceptors (Lipinski definition) is 3. The Morgan fingerprint density at radius 1 is 1.53 bits per heavy atom. The summed E-state index contributed by atoms with van der Waals surface area (Å²) >= 11 is 5.63. The van der Waals surface area contributed by atoms with Crippen LogP contribution in [0.4, 0.5) is 0 Å². The Labute approximate surface area is 107 Å². The van der Waals surface area contributed by atoms with E-state index in [0.717, 1.165) is 12.8 Å². The second kappa shape index (κ2) is 4.63. The molecule has 1 aliphatic rings. The van der Waals surface area contributed by atoms with Gasteiger partial charge in [-0.3, -0.25) is 0 Å². The summed E-state index contributed by atoms with van der Waals surface area (Å²) in [5, 5.41) is 0. The summed E-state index contributed by atoms with van der Waals surface area (Å²) in [7, 11) is -1.82. The predicted octanol–water partition coefficient (Wildman–Crippen LogP) is 2.36. The van der Waals surface area contributed by atoms with Gasteiger partial charge in [0.2, 0.25) is 10.0 Å². The van der Waals surface area contributed by atoms with Gasteiger partial charge in [-0.1, -0.05) is 0 Å². The Hall–Kier alpha value is -0.520. The van der Waals surface area contributed by atoms with E-state index in [9.17, 15) is 8.42 Å². The van der Waals surface area contributed by atoms with Gasteiger partial charge < -0.3 is 4.42 Å². The minimum absolute atomic E-state index is 0.183. The standard InChI is InChI=1S/C11H16ClNO3S/c1-8-11(5-10(6-12)16-8)17(14,15)13(2)7-9-3-4-9/h5,9H,3-4,6-7H2,1-2H3. The van der Waals surface area contributed by atoms with Crippen molar-refractivity contribution >= 4 is 21.6 Å². The van der Waals surface area contributed by atoms with Crippen molar-refractivity contribution in [1.29, 1.82) is 0 Å². The van der Waals surface area contributed by atoms with Crippen molar-refractivity contribution in [3.63, 3.8) is 0 Å². The number of nitrogens with zero attached hydrogens (tertiary/aromatic N) is 1. The van der Waals surface area contributed by atoms with Gasteiger partial charge in [0.1, 0.15) is 16.4 Å². The quantitative estimate of drug-likeness (QED) is 0.777. The average Bonchev–Trinajstić information content (AvgIpc) is 2.99. The normalized spacial score (nSPS) is 16.7. The largest absolute Gasteiger partial charge is 0.464 e. The molecule has 1 aromatic heterocycles. The summed E-state index contributed by atoms with van der Waals surface area (Å²) in [6.07, 6.45) is 2.24. The fraction of sp³-hybridized carbons (Fsp3) is 0.636. The predicted molar refractivity (Wildman–Crippen MR) is 65.5 cm³/mol. The van der Waals surface area contributed by atoms with Crippen molar-refractivity contribution in [2.24, 2.45) is 5.92 Å². The second-order valence-corrected chi connectivity index (χ2v) is 6.78. The van der Waals surface area contributed by atoms with Crippen LogP contribution in [0.5, 0.6) is 0 Å². The van der Waals surface area contributed by atoms with Gasteiger partial charge in [-0.15, -0.1) is 11.6 Å². The molecule has 0 bridgehead atoms. The van der Waals surface area contributed by atoms with E-state index in [-0.39, 0.29) is 10.8 Å². The fourth-order valence-corrected chi connectivity index (χ4v) is 3.34. The molecule has 0 aromatic carbocycles. The molecule has 0 atom stereocenters. The Balaban J connectivity index is 2.25. The molecule has 1 fully saturated rings. The maximum Gasteiger partial charge on any atom is 0.246 e. The molecular weight excluding hydrogens is 262 g/mol. The van der Waals surface area contributed by atoms with E-state index in [1.165, 1.54) is 10.4 Å². The van der Waals surface area contributed by atoms with Crippen molar-refractivity contribution in [1.82, 2.24) is 4.31 Å². The van der Waals surface area contributed by atoms with E-state index >= 15 is 0 Å². The van der Waals surface area contributed by atoms with E-state index in [2.05, 4.69) is 0 Å². The Morgan fingerprint density at radius 2 is 2.18 bits per heavy atom. The second-order valence-electron chi connectivity index (χ2n) is 4.50. The lowest BCUT2D eigenvalue weighted by Crippen LogP contribution is -2.29. The lowest BCUT2D eigenvalue weighted by molar-refractivity contribution is 0.447. The van der Waals surface area contributed by atoms with Crippen LogP contribution in [0.15, 0.2) is 15.4 Å². The van der Waals surface area contributed by atoms with Gasteiger partial charge >= 0.3 is 0 Å². The molecule has 0 unspecified atom stereocenters. The molecule has 1 heterocycles. The number of sulfonamides is 1. The van der Waals surface area contributed by atoms with Crippen molar-refractivity contribution in [3.05, 3.63) is 17.6 Å². The third-order valence-electron chi connectivity index (χ3n) is 2.96. The van der Waals surface area contributed by atoms with Crippen LogP contribution < -0.4 is 0 Å². The van der Waals surface area contributed by atoms with Gasteiger partial charge in [-0.05, 0) is 25.7 Å². The Kier molecular flexibility index (Phi) is 3.52. The number of hydrogen-bond donors (Lipinski definition) is 0. The molecule has 1 saturated carbocycles. The molecule has 0 spiro atoms. The van der Waals surface area contributed by atoms with Crippen LogP contribution in [0.2, 0.25) is 0 Å². The molecule has 0 radical (unpaired) electrons. The average molecular weight is 278 g/mol. The number of aryl methyl sites for hydroxylation is 1. The van der Waals surface area contributed by atoms with E-state index in [0.29, 0.717) is 24.0 Å². The lowest BCUT2D eigenvalue weighted by atomic mass is 10.4. The minimum Gasteiger partial charge on any atom is -0.464 e. The van der Waals surface area contributed by atoms with Crippen LogP contribution in [0.25, 0.3) is 0 Å². The summed E-state index contributed by atoms with van der Waals surface area (Å²) in [5.74, 6) is 1.60. The van der Waals surface area contributed by atoms with Crippen LogP contribution in [0, 0.1) is 12.8 Å². The first-order valence-electron chi connectivity index (χ1n) is 5.56. The van der Waals surface area contributed by atoms with Gasteiger partial charge in [-0.2, -0.15) is 0 Å².